The van der Waals surface area contributed by atoms with Crippen molar-refractivity contribution >= 4 is 27.3 Å². The monoisotopic (exact) mass is 374 g/mol. The molecule has 0 aliphatic heterocycles. The standard InChI is InChI=1S/C20H26N2O3S/c1-5-15-9-8-10-16(6-2)19(15)21-20(23)17-11-13-18(14-12-17)22(7-3)26(4,24)25/h8-14H,5-7H2,1-4H3,(H,21,23). The summed E-state index contributed by atoms with van der Waals surface area (Å²) in [7, 11) is -3.33. The van der Waals surface area contributed by atoms with Crippen LogP contribution in [0.3, 0.4) is 0 Å². The molecule has 2 rings (SSSR count). The molecule has 1 N–H and O–H groups in total. The number of hydrogen-bond acceptors (Lipinski definition) is 3. The Hall–Kier alpha value is -2.34. The minimum Gasteiger partial charge on any atom is -0.321 e. The van der Waals surface area contributed by atoms with Gasteiger partial charge in [0.05, 0.1) is 11.9 Å². The van der Waals surface area contributed by atoms with Crippen molar-refractivity contribution in [1.29, 1.82) is 0 Å². The molecule has 0 bridgehead atoms. The van der Waals surface area contributed by atoms with Crippen LogP contribution in [-0.4, -0.2) is 27.1 Å². The summed E-state index contributed by atoms with van der Waals surface area (Å²) >= 11 is 0. The number of nitrogens with zero attached hydrogens (tertiary/aromatic N) is 1. The Morgan fingerprint density at radius 1 is 0.962 bits per heavy atom. The van der Waals surface area contributed by atoms with Gasteiger partial charge in [0.15, 0.2) is 0 Å². The van der Waals surface area contributed by atoms with Crippen molar-refractivity contribution in [3.05, 3.63) is 59.2 Å². The summed E-state index contributed by atoms with van der Waals surface area (Å²) in [4.78, 5) is 12.7. The second-order valence-electron chi connectivity index (χ2n) is 6.09. The van der Waals surface area contributed by atoms with Crippen LogP contribution in [0.25, 0.3) is 0 Å². The zero-order valence-electron chi connectivity index (χ0n) is 15.7. The lowest BCUT2D eigenvalue weighted by Crippen LogP contribution is -2.29. The molecular formula is C20H26N2O3S. The van der Waals surface area contributed by atoms with E-state index in [4.69, 9.17) is 0 Å². The summed E-state index contributed by atoms with van der Waals surface area (Å²) in [6.07, 6.45) is 2.84. The first kappa shape index (κ1) is 20.0. The van der Waals surface area contributed by atoms with Crippen molar-refractivity contribution in [2.24, 2.45) is 0 Å². The Morgan fingerprint density at radius 2 is 1.50 bits per heavy atom. The zero-order chi connectivity index (χ0) is 19.3. The Labute approximate surface area is 156 Å². The number of sulfonamides is 1. The molecule has 0 saturated heterocycles. The van der Waals surface area contributed by atoms with Crippen molar-refractivity contribution in [2.45, 2.75) is 33.6 Å². The van der Waals surface area contributed by atoms with Crippen molar-refractivity contribution in [3.63, 3.8) is 0 Å². The lowest BCUT2D eigenvalue weighted by molar-refractivity contribution is 0.102. The Bertz CT molecular complexity index is 852. The van der Waals surface area contributed by atoms with Crippen LogP contribution in [0.2, 0.25) is 0 Å². The molecule has 0 aliphatic rings. The number of aryl methyl sites for hydroxylation is 2. The van der Waals surface area contributed by atoms with E-state index in [1.807, 2.05) is 18.2 Å². The van der Waals surface area contributed by atoms with Gasteiger partial charge in [-0.15, -0.1) is 0 Å². The molecule has 0 fully saturated rings. The van der Waals surface area contributed by atoms with Crippen LogP contribution in [0.15, 0.2) is 42.5 Å². The quantitative estimate of drug-likeness (QED) is 0.800. The predicted molar refractivity (Wildman–Crippen MR) is 107 cm³/mol. The largest absolute Gasteiger partial charge is 0.321 e. The Kier molecular flexibility index (Phi) is 6.42. The number of carbonyl (C=O) groups excluding carboxylic acids is 1. The van der Waals surface area contributed by atoms with Crippen LogP contribution in [0.4, 0.5) is 11.4 Å². The maximum absolute atomic E-state index is 12.7. The fourth-order valence-corrected chi connectivity index (χ4v) is 3.95. The van der Waals surface area contributed by atoms with Gasteiger partial charge in [-0.1, -0.05) is 32.0 Å². The highest BCUT2D eigenvalue weighted by Gasteiger charge is 2.16. The average molecular weight is 375 g/mol. The summed E-state index contributed by atoms with van der Waals surface area (Å²) in [5.41, 5.74) is 4.12. The van der Waals surface area contributed by atoms with Gasteiger partial charge in [-0.3, -0.25) is 9.10 Å². The first-order valence-electron chi connectivity index (χ1n) is 8.81. The smallest absolute Gasteiger partial charge is 0.255 e. The number of amides is 1. The first-order valence-corrected chi connectivity index (χ1v) is 10.7. The molecule has 26 heavy (non-hydrogen) atoms. The van der Waals surface area contributed by atoms with Gasteiger partial charge in [-0.2, -0.15) is 0 Å². The summed E-state index contributed by atoms with van der Waals surface area (Å²) < 4.78 is 24.9. The molecule has 5 nitrogen and oxygen atoms in total. The lowest BCUT2D eigenvalue weighted by Gasteiger charge is -2.20. The molecule has 2 aromatic rings. The molecule has 0 spiro atoms. The highest BCUT2D eigenvalue weighted by Crippen LogP contribution is 2.24. The molecule has 0 radical (unpaired) electrons. The van der Waals surface area contributed by atoms with Gasteiger partial charge in [0.2, 0.25) is 10.0 Å². The molecule has 0 unspecified atom stereocenters. The van der Waals surface area contributed by atoms with Crippen molar-refractivity contribution in [2.75, 3.05) is 22.4 Å². The van der Waals surface area contributed by atoms with E-state index in [2.05, 4.69) is 19.2 Å². The minimum atomic E-state index is -3.33. The van der Waals surface area contributed by atoms with Gasteiger partial charge in [-0.05, 0) is 55.2 Å². The van der Waals surface area contributed by atoms with E-state index in [1.54, 1.807) is 31.2 Å². The molecule has 0 heterocycles. The number of carbonyl (C=O) groups is 1. The minimum absolute atomic E-state index is 0.199. The second-order valence-corrected chi connectivity index (χ2v) is 7.99. The van der Waals surface area contributed by atoms with Gasteiger partial charge >= 0.3 is 0 Å². The number of nitrogens with one attached hydrogen (secondary N) is 1. The molecule has 0 aliphatic carbocycles. The number of rotatable bonds is 7. The molecule has 0 aromatic heterocycles. The van der Waals surface area contributed by atoms with Crippen molar-refractivity contribution in [3.8, 4) is 0 Å². The fraction of sp³-hybridized carbons (Fsp3) is 0.350. The van der Waals surface area contributed by atoms with E-state index in [-0.39, 0.29) is 5.91 Å². The normalized spacial score (nSPS) is 11.2. The summed E-state index contributed by atoms with van der Waals surface area (Å²) in [5, 5.41) is 3.02. The molecule has 0 saturated carbocycles. The highest BCUT2D eigenvalue weighted by atomic mass is 32.2. The third kappa shape index (κ3) is 4.43. The molecule has 2 aromatic carbocycles. The number of benzene rings is 2. The third-order valence-corrected chi connectivity index (χ3v) is 5.61. The number of para-hydroxylation sites is 1. The molecule has 6 heteroatoms. The molecular weight excluding hydrogens is 348 g/mol. The van der Waals surface area contributed by atoms with Crippen LogP contribution < -0.4 is 9.62 Å². The van der Waals surface area contributed by atoms with Crippen molar-refractivity contribution < 1.29 is 13.2 Å². The van der Waals surface area contributed by atoms with Crippen LogP contribution >= 0.6 is 0 Å². The first-order chi connectivity index (χ1) is 12.3. The second kappa shape index (κ2) is 8.36. The van der Waals surface area contributed by atoms with Crippen molar-refractivity contribution in [1.82, 2.24) is 0 Å². The van der Waals surface area contributed by atoms with Gasteiger partial charge in [-0.25, -0.2) is 8.42 Å². The van der Waals surface area contributed by atoms with Crippen LogP contribution in [0.5, 0.6) is 0 Å². The van der Waals surface area contributed by atoms with E-state index in [0.29, 0.717) is 17.8 Å². The van der Waals surface area contributed by atoms with Gasteiger partial charge < -0.3 is 5.32 Å². The van der Waals surface area contributed by atoms with E-state index < -0.39 is 10.0 Å². The SMILES string of the molecule is CCc1cccc(CC)c1NC(=O)c1ccc(N(CC)S(C)(=O)=O)cc1. The summed E-state index contributed by atoms with van der Waals surface area (Å²) in [6, 6.07) is 12.7. The highest BCUT2D eigenvalue weighted by molar-refractivity contribution is 7.92. The van der Waals surface area contributed by atoms with E-state index in [1.165, 1.54) is 10.6 Å². The topological polar surface area (TPSA) is 66.5 Å². The van der Waals surface area contributed by atoms with Gasteiger partial charge in [0.25, 0.3) is 5.91 Å². The molecule has 140 valence electrons. The summed E-state index contributed by atoms with van der Waals surface area (Å²) in [5.74, 6) is -0.199. The molecule has 0 atom stereocenters. The van der Waals surface area contributed by atoms with E-state index in [0.717, 1.165) is 29.7 Å². The number of hydrogen-bond donors (Lipinski definition) is 1. The lowest BCUT2D eigenvalue weighted by atomic mass is 10.0. The number of anilines is 2. The Morgan fingerprint density at radius 3 is 1.92 bits per heavy atom. The van der Waals surface area contributed by atoms with Crippen LogP contribution in [-0.2, 0) is 22.9 Å². The fourth-order valence-electron chi connectivity index (χ4n) is 2.98. The van der Waals surface area contributed by atoms with E-state index >= 15 is 0 Å². The van der Waals surface area contributed by atoms with Gasteiger partial charge in [0, 0.05) is 17.8 Å². The average Bonchev–Trinajstić information content (AvgIpc) is 2.61. The zero-order valence-corrected chi connectivity index (χ0v) is 16.6. The van der Waals surface area contributed by atoms with Crippen LogP contribution in [0, 0.1) is 0 Å². The summed E-state index contributed by atoms with van der Waals surface area (Å²) in [6.45, 7) is 6.23. The maximum Gasteiger partial charge on any atom is 0.255 e. The van der Waals surface area contributed by atoms with Gasteiger partial charge in [0.1, 0.15) is 0 Å². The van der Waals surface area contributed by atoms with E-state index in [9.17, 15) is 13.2 Å². The van der Waals surface area contributed by atoms with Crippen LogP contribution in [0.1, 0.15) is 42.3 Å². The Balaban J connectivity index is 2.27. The molecule has 1 amide bonds. The third-order valence-electron chi connectivity index (χ3n) is 4.34. The maximum atomic E-state index is 12.7. The predicted octanol–water partition coefficient (Wildman–Crippen LogP) is 3.85.